The van der Waals surface area contributed by atoms with Crippen LogP contribution in [-0.4, -0.2) is 17.9 Å². The van der Waals surface area contributed by atoms with Crippen LogP contribution >= 0.6 is 23.6 Å². The molecule has 15 heavy (non-hydrogen) atoms. The molecule has 0 spiro atoms. The molecule has 0 amide bonds. The van der Waals surface area contributed by atoms with E-state index in [-0.39, 0.29) is 0 Å². The van der Waals surface area contributed by atoms with Gasteiger partial charge in [0, 0.05) is 12.1 Å². The zero-order chi connectivity index (χ0) is 11.1. The summed E-state index contributed by atoms with van der Waals surface area (Å²) in [6.07, 6.45) is 1.73. The van der Waals surface area contributed by atoms with Crippen molar-refractivity contribution in [3.8, 4) is 0 Å². The third-order valence-corrected chi connectivity index (χ3v) is 2.41. The van der Waals surface area contributed by atoms with Crippen LogP contribution in [0.5, 0.6) is 0 Å². The molecule has 0 aliphatic heterocycles. The molecule has 0 atom stereocenters. The Hall–Kier alpha value is -1.20. The van der Waals surface area contributed by atoms with Crippen LogP contribution in [0.1, 0.15) is 12.5 Å². The first-order chi connectivity index (χ1) is 7.18. The number of nitrogens with one attached hydrogen (secondary N) is 2. The molecule has 0 bridgehead atoms. The van der Waals surface area contributed by atoms with Crippen LogP contribution in [0.3, 0.4) is 0 Å². The quantitative estimate of drug-likeness (QED) is 0.366. The number of thiocarbonyl (C=S) groups is 1. The Balaban J connectivity index is 2.25. The predicted octanol–water partition coefficient (Wildman–Crippen LogP) is 2.12. The second-order valence-electron chi connectivity index (χ2n) is 3.07. The van der Waals surface area contributed by atoms with E-state index in [4.69, 9.17) is 12.2 Å². The molecule has 80 valence electrons. The molecule has 1 aromatic heterocycles. The summed E-state index contributed by atoms with van der Waals surface area (Å²) in [5, 5.41) is 11.5. The van der Waals surface area contributed by atoms with Crippen molar-refractivity contribution in [2.24, 2.45) is 5.10 Å². The molecule has 5 heteroatoms. The maximum absolute atomic E-state index is 4.99. The van der Waals surface area contributed by atoms with Crippen LogP contribution < -0.4 is 10.7 Å². The molecule has 0 fully saturated rings. The minimum absolute atomic E-state index is 0.504. The van der Waals surface area contributed by atoms with Crippen molar-refractivity contribution >= 4 is 34.9 Å². The monoisotopic (exact) mass is 239 g/mol. The molecule has 0 radical (unpaired) electrons. The average Bonchev–Trinajstić information content (AvgIpc) is 2.67. The van der Waals surface area contributed by atoms with Crippen molar-refractivity contribution in [3.05, 3.63) is 34.5 Å². The second kappa shape index (κ2) is 6.31. The van der Waals surface area contributed by atoms with Gasteiger partial charge in [0.25, 0.3) is 0 Å². The lowest BCUT2D eigenvalue weighted by molar-refractivity contribution is 0.917. The van der Waals surface area contributed by atoms with Gasteiger partial charge in [0.05, 0.1) is 6.21 Å². The first-order valence-electron chi connectivity index (χ1n) is 4.42. The highest BCUT2D eigenvalue weighted by atomic mass is 32.1. The summed E-state index contributed by atoms with van der Waals surface area (Å²) in [6, 6.07) is 1.99. The zero-order valence-corrected chi connectivity index (χ0v) is 10.1. The summed E-state index contributed by atoms with van der Waals surface area (Å²) in [4.78, 5) is 0. The largest absolute Gasteiger partial charge is 0.358 e. The van der Waals surface area contributed by atoms with E-state index in [1.54, 1.807) is 17.6 Å². The van der Waals surface area contributed by atoms with Gasteiger partial charge < -0.3 is 5.32 Å². The Bertz CT molecular complexity index is 355. The molecule has 1 heterocycles. The third-order valence-electron chi connectivity index (χ3n) is 1.47. The van der Waals surface area contributed by atoms with Crippen LogP contribution in [0.25, 0.3) is 0 Å². The number of hydrazone groups is 1. The van der Waals surface area contributed by atoms with E-state index in [2.05, 4.69) is 22.4 Å². The molecular formula is C10H13N3S2. The average molecular weight is 239 g/mol. The maximum Gasteiger partial charge on any atom is 0.187 e. The molecule has 2 N–H and O–H groups in total. The van der Waals surface area contributed by atoms with Crippen LogP contribution in [0.4, 0.5) is 0 Å². The highest BCUT2D eigenvalue weighted by Gasteiger charge is 1.91. The summed E-state index contributed by atoms with van der Waals surface area (Å²) >= 11 is 6.63. The Morgan fingerprint density at radius 3 is 3.13 bits per heavy atom. The Labute approximate surface area is 98.9 Å². The van der Waals surface area contributed by atoms with E-state index in [1.807, 2.05) is 23.8 Å². The van der Waals surface area contributed by atoms with Gasteiger partial charge in [0.15, 0.2) is 5.11 Å². The minimum Gasteiger partial charge on any atom is -0.358 e. The molecule has 3 nitrogen and oxygen atoms in total. The Kier molecular flexibility index (Phi) is 5.00. The smallest absolute Gasteiger partial charge is 0.187 e. The number of hydrogen-bond acceptors (Lipinski definition) is 3. The molecule has 1 rings (SSSR count). The van der Waals surface area contributed by atoms with Gasteiger partial charge in [-0.3, -0.25) is 5.43 Å². The van der Waals surface area contributed by atoms with E-state index < -0.39 is 0 Å². The molecular weight excluding hydrogens is 226 g/mol. The van der Waals surface area contributed by atoms with E-state index in [1.165, 1.54) is 0 Å². The van der Waals surface area contributed by atoms with Gasteiger partial charge in [-0.2, -0.15) is 16.4 Å². The molecule has 0 aliphatic rings. The van der Waals surface area contributed by atoms with Crippen molar-refractivity contribution in [1.29, 1.82) is 0 Å². The van der Waals surface area contributed by atoms with Crippen molar-refractivity contribution in [1.82, 2.24) is 10.7 Å². The third kappa shape index (κ3) is 5.29. The molecule has 0 aliphatic carbocycles. The lowest BCUT2D eigenvalue weighted by Gasteiger charge is -2.05. The first-order valence-corrected chi connectivity index (χ1v) is 5.77. The second-order valence-corrected chi connectivity index (χ2v) is 4.25. The maximum atomic E-state index is 4.99. The highest BCUT2D eigenvalue weighted by molar-refractivity contribution is 7.80. The number of rotatable bonds is 4. The standard InChI is InChI=1S/C10H13N3S2/c1-8(2)5-11-10(14)13-12-6-9-3-4-15-7-9/h3-4,6-7H,1,5H2,2H3,(H2,11,13,14). The Morgan fingerprint density at radius 1 is 1.73 bits per heavy atom. The van der Waals surface area contributed by atoms with Gasteiger partial charge in [0.1, 0.15) is 0 Å². The van der Waals surface area contributed by atoms with E-state index in [9.17, 15) is 0 Å². The van der Waals surface area contributed by atoms with Crippen molar-refractivity contribution < 1.29 is 0 Å². The van der Waals surface area contributed by atoms with Crippen LogP contribution in [0.15, 0.2) is 34.1 Å². The zero-order valence-electron chi connectivity index (χ0n) is 8.49. The van der Waals surface area contributed by atoms with Gasteiger partial charge >= 0.3 is 0 Å². The van der Waals surface area contributed by atoms with Gasteiger partial charge in [-0.1, -0.05) is 12.2 Å². The van der Waals surface area contributed by atoms with Crippen molar-refractivity contribution in [2.45, 2.75) is 6.92 Å². The van der Waals surface area contributed by atoms with Crippen LogP contribution in [-0.2, 0) is 0 Å². The van der Waals surface area contributed by atoms with Gasteiger partial charge in [-0.15, -0.1) is 0 Å². The minimum atomic E-state index is 0.504. The number of thiophene rings is 1. The fraction of sp³-hybridized carbons (Fsp3) is 0.200. The highest BCUT2D eigenvalue weighted by Crippen LogP contribution is 2.01. The van der Waals surface area contributed by atoms with E-state index in [0.29, 0.717) is 11.7 Å². The molecule has 0 unspecified atom stereocenters. The normalized spacial score (nSPS) is 10.2. The fourth-order valence-corrected chi connectivity index (χ4v) is 1.52. The topological polar surface area (TPSA) is 36.4 Å². The predicted molar refractivity (Wildman–Crippen MR) is 70.5 cm³/mol. The lowest BCUT2D eigenvalue weighted by Crippen LogP contribution is -2.32. The van der Waals surface area contributed by atoms with Crippen molar-refractivity contribution in [3.63, 3.8) is 0 Å². The van der Waals surface area contributed by atoms with Gasteiger partial charge in [0.2, 0.25) is 0 Å². The molecule has 0 saturated carbocycles. The molecule has 1 aromatic rings. The number of nitrogens with zero attached hydrogens (tertiary/aromatic N) is 1. The summed E-state index contributed by atoms with van der Waals surface area (Å²) in [6.45, 7) is 6.36. The van der Waals surface area contributed by atoms with E-state index >= 15 is 0 Å². The number of hydrogen-bond donors (Lipinski definition) is 2. The lowest BCUT2D eigenvalue weighted by atomic mass is 10.4. The summed E-state index contributed by atoms with van der Waals surface area (Å²) in [7, 11) is 0. The van der Waals surface area contributed by atoms with E-state index in [0.717, 1.165) is 11.1 Å². The van der Waals surface area contributed by atoms with Gasteiger partial charge in [-0.25, -0.2) is 0 Å². The summed E-state index contributed by atoms with van der Waals surface area (Å²) in [5.74, 6) is 0. The summed E-state index contributed by atoms with van der Waals surface area (Å²) in [5.41, 5.74) is 4.82. The first kappa shape index (κ1) is 11.9. The van der Waals surface area contributed by atoms with Crippen LogP contribution in [0, 0.1) is 0 Å². The Morgan fingerprint density at radius 2 is 2.53 bits per heavy atom. The van der Waals surface area contributed by atoms with Crippen molar-refractivity contribution in [2.75, 3.05) is 6.54 Å². The molecule has 0 saturated heterocycles. The molecule has 0 aromatic carbocycles. The SMILES string of the molecule is C=C(C)CNC(=S)NN=Cc1ccsc1. The van der Waals surface area contributed by atoms with Gasteiger partial charge in [-0.05, 0) is 36.0 Å². The fourth-order valence-electron chi connectivity index (χ4n) is 0.785. The summed E-state index contributed by atoms with van der Waals surface area (Å²) < 4.78 is 0. The van der Waals surface area contributed by atoms with Crippen LogP contribution in [0.2, 0.25) is 0 Å².